The Labute approximate surface area is 122 Å². The van der Waals surface area contributed by atoms with E-state index < -0.39 is 5.97 Å². The smallest absolute Gasteiger partial charge is 0.335 e. The van der Waals surface area contributed by atoms with Crippen molar-refractivity contribution in [3.8, 4) is 0 Å². The molecule has 0 aliphatic carbocycles. The van der Waals surface area contributed by atoms with E-state index >= 15 is 0 Å². The molecular formula is C15H17NO3S. The van der Waals surface area contributed by atoms with Gasteiger partial charge in [-0.2, -0.15) is 0 Å². The molecule has 0 fully saturated rings. The summed E-state index contributed by atoms with van der Waals surface area (Å²) in [6, 6.07) is 7.35. The molecule has 0 atom stereocenters. The van der Waals surface area contributed by atoms with Gasteiger partial charge >= 0.3 is 5.97 Å². The number of carboxylic acid groups (broad SMARTS) is 1. The van der Waals surface area contributed by atoms with Crippen LogP contribution in [0.1, 0.15) is 26.4 Å². The van der Waals surface area contributed by atoms with Crippen LogP contribution in [0.25, 0.3) is 0 Å². The molecule has 1 aromatic heterocycles. The van der Waals surface area contributed by atoms with Gasteiger partial charge in [0, 0.05) is 24.2 Å². The second kappa shape index (κ2) is 6.54. The number of rotatable bonds is 6. The van der Waals surface area contributed by atoms with E-state index in [1.165, 1.54) is 4.88 Å². The number of thiophene rings is 1. The lowest BCUT2D eigenvalue weighted by atomic mass is 10.1. The Morgan fingerprint density at radius 2 is 2.15 bits per heavy atom. The number of ether oxygens (including phenoxy) is 1. The summed E-state index contributed by atoms with van der Waals surface area (Å²) in [6.45, 7) is 3.18. The van der Waals surface area contributed by atoms with E-state index in [4.69, 9.17) is 9.84 Å². The highest BCUT2D eigenvalue weighted by atomic mass is 32.1. The molecule has 1 heterocycles. The van der Waals surface area contributed by atoms with E-state index in [1.807, 2.05) is 13.0 Å². The maximum Gasteiger partial charge on any atom is 0.335 e. The number of aryl methyl sites for hydroxylation is 1. The zero-order valence-corrected chi connectivity index (χ0v) is 12.3. The maximum atomic E-state index is 11.0. The van der Waals surface area contributed by atoms with E-state index in [9.17, 15) is 4.79 Å². The number of hydrogen-bond acceptors (Lipinski definition) is 4. The fraction of sp³-hybridized carbons (Fsp3) is 0.267. The molecule has 5 heteroatoms. The Bertz CT molecular complexity index is 607. The second-order valence-electron chi connectivity index (χ2n) is 4.60. The molecule has 0 spiro atoms. The van der Waals surface area contributed by atoms with Crippen molar-refractivity contribution in [1.82, 2.24) is 0 Å². The van der Waals surface area contributed by atoms with Crippen molar-refractivity contribution in [3.63, 3.8) is 0 Å². The van der Waals surface area contributed by atoms with Crippen molar-refractivity contribution in [3.05, 3.63) is 51.2 Å². The lowest BCUT2D eigenvalue weighted by molar-refractivity contribution is 0.0697. The summed E-state index contributed by atoms with van der Waals surface area (Å²) < 4.78 is 5.08. The van der Waals surface area contributed by atoms with Crippen LogP contribution in [-0.4, -0.2) is 18.2 Å². The van der Waals surface area contributed by atoms with Crippen LogP contribution in [0.15, 0.2) is 29.6 Å². The molecule has 0 unspecified atom stereocenters. The quantitative estimate of drug-likeness (QED) is 0.855. The van der Waals surface area contributed by atoms with Crippen LogP contribution in [0.2, 0.25) is 0 Å². The first-order chi connectivity index (χ1) is 9.58. The number of aromatic carboxylic acids is 1. The third-order valence-electron chi connectivity index (χ3n) is 2.81. The van der Waals surface area contributed by atoms with Crippen LogP contribution in [0, 0.1) is 6.92 Å². The van der Waals surface area contributed by atoms with Gasteiger partial charge in [-0.25, -0.2) is 4.79 Å². The number of methoxy groups -OCH3 is 1. The molecule has 2 N–H and O–H groups in total. The lowest BCUT2D eigenvalue weighted by Crippen LogP contribution is -2.02. The van der Waals surface area contributed by atoms with E-state index in [-0.39, 0.29) is 0 Å². The van der Waals surface area contributed by atoms with Gasteiger partial charge in [-0.05, 0) is 47.7 Å². The second-order valence-corrected chi connectivity index (χ2v) is 5.60. The van der Waals surface area contributed by atoms with Crippen LogP contribution >= 0.6 is 11.3 Å². The number of anilines is 1. The third kappa shape index (κ3) is 3.82. The molecule has 0 amide bonds. The molecule has 2 rings (SSSR count). The monoisotopic (exact) mass is 291 g/mol. The maximum absolute atomic E-state index is 11.0. The predicted molar refractivity (Wildman–Crippen MR) is 80.5 cm³/mol. The number of hydrogen-bond donors (Lipinski definition) is 2. The van der Waals surface area contributed by atoms with Gasteiger partial charge in [0.05, 0.1) is 12.2 Å². The van der Waals surface area contributed by atoms with Gasteiger partial charge in [0.2, 0.25) is 0 Å². The molecule has 0 bridgehead atoms. The van der Waals surface area contributed by atoms with E-state index in [2.05, 4.69) is 16.8 Å². The van der Waals surface area contributed by atoms with Gasteiger partial charge in [-0.3, -0.25) is 0 Å². The molecule has 1 aromatic carbocycles. The van der Waals surface area contributed by atoms with Crippen molar-refractivity contribution >= 4 is 23.0 Å². The Balaban J connectivity index is 2.04. The van der Waals surface area contributed by atoms with Gasteiger partial charge in [0.25, 0.3) is 0 Å². The molecule has 0 aliphatic rings. The summed E-state index contributed by atoms with van der Waals surface area (Å²) in [7, 11) is 1.68. The number of benzene rings is 1. The summed E-state index contributed by atoms with van der Waals surface area (Å²) in [5.74, 6) is -0.907. The van der Waals surface area contributed by atoms with Gasteiger partial charge in [-0.1, -0.05) is 0 Å². The zero-order valence-electron chi connectivity index (χ0n) is 11.5. The SMILES string of the molecule is COCc1csc(CNc2cc(C)cc(C(=O)O)c2)c1. The summed E-state index contributed by atoms with van der Waals surface area (Å²) >= 11 is 1.66. The van der Waals surface area contributed by atoms with Crippen LogP contribution in [0.4, 0.5) is 5.69 Å². The Hall–Kier alpha value is -1.85. The largest absolute Gasteiger partial charge is 0.478 e. The molecule has 106 valence electrons. The first kappa shape index (κ1) is 14.6. The van der Waals surface area contributed by atoms with Gasteiger partial charge < -0.3 is 15.2 Å². The van der Waals surface area contributed by atoms with Crippen molar-refractivity contribution in [1.29, 1.82) is 0 Å². The van der Waals surface area contributed by atoms with E-state index in [1.54, 1.807) is 30.6 Å². The molecule has 4 nitrogen and oxygen atoms in total. The average Bonchev–Trinajstić information content (AvgIpc) is 2.84. The average molecular weight is 291 g/mol. The molecule has 0 aliphatic heterocycles. The fourth-order valence-electron chi connectivity index (χ4n) is 1.96. The number of carbonyl (C=O) groups is 1. The summed E-state index contributed by atoms with van der Waals surface area (Å²) in [6.07, 6.45) is 0. The molecule has 20 heavy (non-hydrogen) atoms. The Morgan fingerprint density at radius 3 is 2.85 bits per heavy atom. The van der Waals surface area contributed by atoms with E-state index in [0.717, 1.165) is 16.8 Å². The molecule has 2 aromatic rings. The molecule has 0 radical (unpaired) electrons. The molecular weight excluding hydrogens is 274 g/mol. The minimum atomic E-state index is -0.907. The normalized spacial score (nSPS) is 10.5. The first-order valence-corrected chi connectivity index (χ1v) is 7.10. The van der Waals surface area contributed by atoms with Crippen molar-refractivity contribution in [2.75, 3.05) is 12.4 Å². The summed E-state index contributed by atoms with van der Waals surface area (Å²) in [5.41, 5.74) is 3.21. The minimum Gasteiger partial charge on any atom is -0.478 e. The Morgan fingerprint density at radius 1 is 1.35 bits per heavy atom. The van der Waals surface area contributed by atoms with Crippen LogP contribution in [-0.2, 0) is 17.9 Å². The highest BCUT2D eigenvalue weighted by molar-refractivity contribution is 7.10. The summed E-state index contributed by atoms with van der Waals surface area (Å²) in [4.78, 5) is 12.2. The highest BCUT2D eigenvalue weighted by Crippen LogP contribution is 2.19. The minimum absolute atomic E-state index is 0.304. The predicted octanol–water partition coefficient (Wildman–Crippen LogP) is 3.51. The highest BCUT2D eigenvalue weighted by Gasteiger charge is 2.06. The summed E-state index contributed by atoms with van der Waals surface area (Å²) in [5, 5.41) is 14.4. The standard InChI is InChI=1S/C15H17NO3S/c1-10-3-12(15(17)18)6-13(4-10)16-7-14-5-11(8-19-2)9-20-14/h3-6,9,16H,7-8H2,1-2H3,(H,17,18). The zero-order chi connectivity index (χ0) is 14.5. The molecule has 0 saturated heterocycles. The number of nitrogens with one attached hydrogen (secondary N) is 1. The van der Waals surface area contributed by atoms with Crippen LogP contribution in [0.3, 0.4) is 0 Å². The van der Waals surface area contributed by atoms with Crippen molar-refractivity contribution < 1.29 is 14.6 Å². The lowest BCUT2D eigenvalue weighted by Gasteiger charge is -2.07. The molecule has 0 saturated carbocycles. The van der Waals surface area contributed by atoms with Crippen molar-refractivity contribution in [2.45, 2.75) is 20.1 Å². The topological polar surface area (TPSA) is 58.6 Å². The number of carboxylic acids is 1. The third-order valence-corrected chi connectivity index (χ3v) is 3.80. The Kier molecular flexibility index (Phi) is 4.76. The van der Waals surface area contributed by atoms with Crippen LogP contribution < -0.4 is 5.32 Å². The van der Waals surface area contributed by atoms with Gasteiger partial charge in [0.15, 0.2) is 0 Å². The van der Waals surface area contributed by atoms with Gasteiger partial charge in [0.1, 0.15) is 0 Å². The fourth-order valence-corrected chi connectivity index (χ4v) is 2.77. The van der Waals surface area contributed by atoms with E-state index in [0.29, 0.717) is 18.7 Å². The van der Waals surface area contributed by atoms with Crippen LogP contribution in [0.5, 0.6) is 0 Å². The first-order valence-electron chi connectivity index (χ1n) is 6.22. The van der Waals surface area contributed by atoms with Crippen molar-refractivity contribution in [2.24, 2.45) is 0 Å². The van der Waals surface area contributed by atoms with Gasteiger partial charge in [-0.15, -0.1) is 11.3 Å².